The van der Waals surface area contributed by atoms with E-state index >= 15 is 0 Å². The van der Waals surface area contributed by atoms with Crippen LogP contribution < -0.4 is 10.5 Å². The number of halogens is 1. The molecule has 7 heteroatoms. The van der Waals surface area contributed by atoms with Gasteiger partial charge < -0.3 is 20.0 Å². The van der Waals surface area contributed by atoms with Gasteiger partial charge in [-0.3, -0.25) is 0 Å². The summed E-state index contributed by atoms with van der Waals surface area (Å²) < 4.78 is 24.1. The van der Waals surface area contributed by atoms with Crippen molar-refractivity contribution in [3.05, 3.63) is 77.6 Å². The van der Waals surface area contributed by atoms with Crippen LogP contribution in [0.5, 0.6) is 5.75 Å². The lowest BCUT2D eigenvalue weighted by atomic mass is 10.2. The maximum atomic E-state index is 14.2. The summed E-state index contributed by atoms with van der Waals surface area (Å²) in [7, 11) is 1.26. The second-order valence-electron chi connectivity index (χ2n) is 5.11. The molecular weight excluding hydrogens is 339 g/mol. The number of hydrogen-bond acceptors (Lipinski definition) is 5. The molecule has 0 amide bonds. The summed E-state index contributed by atoms with van der Waals surface area (Å²) in [6.45, 7) is 0.328. The minimum absolute atomic E-state index is 0.00428. The Balaban J connectivity index is 1.92. The second kappa shape index (κ2) is 9.83. The van der Waals surface area contributed by atoms with Gasteiger partial charge >= 0.3 is 5.97 Å². The number of hydrogen-bond donors (Lipinski definition) is 1. The van der Waals surface area contributed by atoms with Gasteiger partial charge in [0, 0.05) is 12.1 Å². The lowest BCUT2D eigenvalue weighted by Crippen LogP contribution is -2.16. The maximum absolute atomic E-state index is 14.2. The van der Waals surface area contributed by atoms with Crippen molar-refractivity contribution in [1.29, 1.82) is 0 Å². The number of carbonyl (C=O) groups excluding carboxylic acids is 1. The van der Waals surface area contributed by atoms with Gasteiger partial charge in [-0.15, -0.1) is 0 Å². The van der Waals surface area contributed by atoms with Crippen molar-refractivity contribution >= 4 is 11.8 Å². The molecule has 0 aliphatic carbocycles. The number of rotatable bonds is 8. The van der Waals surface area contributed by atoms with Crippen LogP contribution in [-0.2, 0) is 21.0 Å². The highest BCUT2D eigenvalue weighted by atomic mass is 19.1. The SMILES string of the molecule is COC(=O)/C=C/CO/N=C(\N)c1ccc(OCc2ccccc2)cc1F. The van der Waals surface area contributed by atoms with Crippen LogP contribution in [0.15, 0.2) is 65.8 Å². The van der Waals surface area contributed by atoms with Crippen LogP contribution in [0.1, 0.15) is 11.1 Å². The van der Waals surface area contributed by atoms with Crippen LogP contribution >= 0.6 is 0 Å². The van der Waals surface area contributed by atoms with Crippen molar-refractivity contribution in [3.63, 3.8) is 0 Å². The van der Waals surface area contributed by atoms with Crippen LogP contribution in [0.4, 0.5) is 4.39 Å². The van der Waals surface area contributed by atoms with Crippen molar-refractivity contribution in [2.75, 3.05) is 13.7 Å². The van der Waals surface area contributed by atoms with Gasteiger partial charge in [0.15, 0.2) is 5.84 Å². The third-order valence-electron chi connectivity index (χ3n) is 3.25. The molecule has 2 aromatic carbocycles. The van der Waals surface area contributed by atoms with Crippen LogP contribution in [0, 0.1) is 5.82 Å². The van der Waals surface area contributed by atoms with Crippen molar-refractivity contribution in [1.82, 2.24) is 0 Å². The molecule has 26 heavy (non-hydrogen) atoms. The molecule has 6 nitrogen and oxygen atoms in total. The first-order chi connectivity index (χ1) is 12.6. The lowest BCUT2D eigenvalue weighted by molar-refractivity contribution is -0.134. The molecule has 0 fully saturated rings. The van der Waals surface area contributed by atoms with E-state index in [-0.39, 0.29) is 18.0 Å². The molecule has 0 saturated heterocycles. The van der Waals surface area contributed by atoms with E-state index in [0.29, 0.717) is 12.4 Å². The zero-order chi connectivity index (χ0) is 18.8. The van der Waals surface area contributed by atoms with Gasteiger partial charge in [0.2, 0.25) is 0 Å². The summed E-state index contributed by atoms with van der Waals surface area (Å²) in [6, 6.07) is 13.8. The molecule has 0 saturated carbocycles. The second-order valence-corrected chi connectivity index (χ2v) is 5.11. The lowest BCUT2D eigenvalue weighted by Gasteiger charge is -2.08. The molecule has 2 aromatic rings. The van der Waals surface area contributed by atoms with Crippen LogP contribution in [-0.4, -0.2) is 25.5 Å². The monoisotopic (exact) mass is 358 g/mol. The standard InChI is InChI=1S/C19H19FN2O4/c1-24-18(23)8-5-11-26-22-19(21)16-10-9-15(12-17(16)20)25-13-14-6-3-2-4-7-14/h2-10,12H,11,13H2,1H3,(H2,21,22)/b8-5+. The van der Waals surface area contributed by atoms with E-state index in [4.69, 9.17) is 15.3 Å². The Hall–Kier alpha value is -3.35. The van der Waals surface area contributed by atoms with Crippen LogP contribution in [0.2, 0.25) is 0 Å². The highest BCUT2D eigenvalue weighted by Gasteiger charge is 2.09. The molecule has 0 bridgehead atoms. The van der Waals surface area contributed by atoms with Crippen molar-refractivity contribution < 1.29 is 23.5 Å². The Morgan fingerprint density at radius 1 is 1.23 bits per heavy atom. The highest BCUT2D eigenvalue weighted by molar-refractivity contribution is 5.97. The number of nitrogens with zero attached hydrogens (tertiary/aromatic N) is 1. The molecule has 0 unspecified atom stereocenters. The number of oxime groups is 1. The summed E-state index contributed by atoms with van der Waals surface area (Å²) >= 11 is 0. The van der Waals surface area contributed by atoms with E-state index in [1.165, 1.54) is 31.4 Å². The molecule has 0 aromatic heterocycles. The molecule has 0 radical (unpaired) electrons. The largest absolute Gasteiger partial charge is 0.489 e. The Morgan fingerprint density at radius 3 is 2.69 bits per heavy atom. The number of amidine groups is 1. The van der Waals surface area contributed by atoms with Crippen molar-refractivity contribution in [3.8, 4) is 5.75 Å². The molecule has 136 valence electrons. The van der Waals surface area contributed by atoms with E-state index in [1.807, 2.05) is 30.3 Å². The van der Waals surface area contributed by atoms with Gasteiger partial charge in [-0.1, -0.05) is 35.5 Å². The van der Waals surface area contributed by atoms with Crippen molar-refractivity contribution in [2.24, 2.45) is 10.9 Å². The number of carbonyl (C=O) groups is 1. The number of benzene rings is 2. The van der Waals surface area contributed by atoms with Gasteiger partial charge in [-0.2, -0.15) is 0 Å². The molecule has 0 heterocycles. The highest BCUT2D eigenvalue weighted by Crippen LogP contribution is 2.18. The Kier molecular flexibility index (Phi) is 7.17. The normalized spacial score (nSPS) is 11.4. The zero-order valence-corrected chi connectivity index (χ0v) is 14.2. The Bertz CT molecular complexity index is 791. The first-order valence-electron chi connectivity index (χ1n) is 7.76. The average Bonchev–Trinajstić information content (AvgIpc) is 2.66. The topological polar surface area (TPSA) is 83.1 Å². The van der Waals surface area contributed by atoms with Crippen LogP contribution in [0.3, 0.4) is 0 Å². The quantitative estimate of drug-likeness (QED) is 0.196. The fraction of sp³-hybridized carbons (Fsp3) is 0.158. The predicted octanol–water partition coefficient (Wildman–Crippen LogP) is 2.77. The zero-order valence-electron chi connectivity index (χ0n) is 14.2. The maximum Gasteiger partial charge on any atom is 0.330 e. The molecule has 0 aliphatic rings. The average molecular weight is 358 g/mol. The summed E-state index contributed by atoms with van der Waals surface area (Å²) in [5.74, 6) is -0.832. The first kappa shape index (κ1) is 19.0. The molecule has 0 spiro atoms. The van der Waals surface area contributed by atoms with E-state index in [2.05, 4.69) is 9.89 Å². The summed E-state index contributed by atoms with van der Waals surface area (Å²) in [6.07, 6.45) is 2.59. The fourth-order valence-electron chi connectivity index (χ4n) is 1.95. The minimum atomic E-state index is -0.578. The molecule has 0 atom stereocenters. The smallest absolute Gasteiger partial charge is 0.330 e. The number of ether oxygens (including phenoxy) is 2. The molecule has 2 rings (SSSR count). The molecule has 0 aliphatic heterocycles. The Morgan fingerprint density at radius 2 is 2.00 bits per heavy atom. The van der Waals surface area contributed by atoms with Gasteiger partial charge in [-0.05, 0) is 23.8 Å². The van der Waals surface area contributed by atoms with Gasteiger partial charge in [0.05, 0.1) is 12.7 Å². The van der Waals surface area contributed by atoms with E-state index in [0.717, 1.165) is 5.56 Å². The van der Waals surface area contributed by atoms with Crippen LogP contribution in [0.25, 0.3) is 0 Å². The molecule has 2 N–H and O–H groups in total. The first-order valence-corrected chi connectivity index (χ1v) is 7.76. The summed E-state index contributed by atoms with van der Waals surface area (Å²) in [4.78, 5) is 15.8. The summed E-state index contributed by atoms with van der Waals surface area (Å²) in [5, 5.41) is 3.61. The van der Waals surface area contributed by atoms with Gasteiger partial charge in [0.1, 0.15) is 24.8 Å². The number of esters is 1. The Labute approximate surface area is 150 Å². The number of methoxy groups -OCH3 is 1. The van der Waals surface area contributed by atoms with Crippen molar-refractivity contribution in [2.45, 2.75) is 6.61 Å². The predicted molar refractivity (Wildman–Crippen MR) is 95.0 cm³/mol. The third kappa shape index (κ3) is 5.94. The molecular formula is C19H19FN2O4. The van der Waals surface area contributed by atoms with E-state index in [1.54, 1.807) is 6.07 Å². The fourth-order valence-corrected chi connectivity index (χ4v) is 1.95. The number of nitrogens with two attached hydrogens (primary N) is 1. The van der Waals surface area contributed by atoms with Gasteiger partial charge in [-0.25, -0.2) is 9.18 Å². The van der Waals surface area contributed by atoms with Gasteiger partial charge in [0.25, 0.3) is 0 Å². The van der Waals surface area contributed by atoms with E-state index < -0.39 is 11.8 Å². The minimum Gasteiger partial charge on any atom is -0.489 e. The van der Waals surface area contributed by atoms with E-state index in [9.17, 15) is 9.18 Å². The summed E-state index contributed by atoms with van der Waals surface area (Å²) in [5.41, 5.74) is 6.78. The third-order valence-corrected chi connectivity index (χ3v) is 3.25.